The maximum Gasteiger partial charge on any atom is 0.192 e. The molecule has 36 heavy (non-hydrogen) atoms. The number of hydrogen-bond acceptors (Lipinski definition) is 8. The van der Waals surface area contributed by atoms with Gasteiger partial charge in [0, 0.05) is 35.3 Å². The Morgan fingerprint density at radius 3 is 2.61 bits per heavy atom. The van der Waals surface area contributed by atoms with Gasteiger partial charge >= 0.3 is 0 Å². The van der Waals surface area contributed by atoms with Gasteiger partial charge in [0.05, 0.1) is 42.4 Å². The van der Waals surface area contributed by atoms with Crippen molar-refractivity contribution in [2.45, 2.75) is 30.5 Å². The van der Waals surface area contributed by atoms with E-state index in [2.05, 4.69) is 20.4 Å². The molecule has 11 heteroatoms. The van der Waals surface area contributed by atoms with E-state index in [9.17, 15) is 23.0 Å². The number of allylic oxidation sites excluding steroid dienone is 1. The molecule has 3 heterocycles. The van der Waals surface area contributed by atoms with Gasteiger partial charge in [0.2, 0.25) is 0 Å². The fourth-order valence-corrected chi connectivity index (χ4v) is 4.52. The molecule has 0 fully saturated rings. The lowest BCUT2D eigenvalue weighted by Gasteiger charge is -2.24. The van der Waals surface area contributed by atoms with Crippen LogP contribution in [0, 0.1) is 5.82 Å². The first-order chi connectivity index (χ1) is 17.2. The zero-order valence-electron chi connectivity index (χ0n) is 19.7. The molecule has 0 aliphatic rings. The summed E-state index contributed by atoms with van der Waals surface area (Å²) >= 11 is 0. The Bertz CT molecular complexity index is 1500. The highest BCUT2D eigenvalue weighted by atomic mass is 32.2. The van der Waals surface area contributed by atoms with Crippen molar-refractivity contribution >= 4 is 26.4 Å². The van der Waals surface area contributed by atoms with E-state index in [1.807, 2.05) is 13.0 Å². The predicted molar refractivity (Wildman–Crippen MR) is 133 cm³/mol. The second kappa shape index (κ2) is 10.5. The van der Waals surface area contributed by atoms with E-state index in [4.69, 9.17) is 0 Å². The number of benzene rings is 1. The van der Waals surface area contributed by atoms with Crippen LogP contribution in [0.5, 0.6) is 0 Å². The van der Waals surface area contributed by atoms with Crippen LogP contribution in [0.2, 0.25) is 0 Å². The average molecular weight is 512 g/mol. The van der Waals surface area contributed by atoms with Crippen LogP contribution in [-0.4, -0.2) is 57.3 Å². The van der Waals surface area contributed by atoms with E-state index in [0.29, 0.717) is 22.5 Å². The first-order valence-electron chi connectivity index (χ1n) is 11.2. The normalized spacial score (nSPS) is 14.1. The van der Waals surface area contributed by atoms with E-state index < -0.39 is 28.6 Å². The Morgan fingerprint density at radius 1 is 1.19 bits per heavy atom. The van der Waals surface area contributed by atoms with Crippen LogP contribution in [0.25, 0.3) is 22.3 Å². The van der Waals surface area contributed by atoms with Crippen molar-refractivity contribution < 1.29 is 23.0 Å². The Morgan fingerprint density at radius 2 is 1.94 bits per heavy atom. The Kier molecular flexibility index (Phi) is 7.43. The molecule has 0 aliphatic carbocycles. The lowest BCUT2D eigenvalue weighted by molar-refractivity contribution is 0.0806. The molecule has 3 N–H and O–H groups in total. The highest BCUT2D eigenvalue weighted by molar-refractivity contribution is 7.90. The highest BCUT2D eigenvalue weighted by Gasteiger charge is 2.21. The Hall–Kier alpha value is -3.67. The zero-order valence-corrected chi connectivity index (χ0v) is 20.5. The second-order valence-electron chi connectivity index (χ2n) is 8.32. The van der Waals surface area contributed by atoms with E-state index in [-0.39, 0.29) is 17.3 Å². The van der Waals surface area contributed by atoms with Crippen molar-refractivity contribution in [3.8, 4) is 5.69 Å². The summed E-state index contributed by atoms with van der Waals surface area (Å²) in [6.45, 7) is 1.38. The van der Waals surface area contributed by atoms with Gasteiger partial charge in [-0.2, -0.15) is 5.10 Å². The standard InChI is InChI=1S/C25H26FN5O4S/c1-3-22(30-23(11-19(33)15-32)16-8-9-28-25(10-16)36(2,34)35)20-12-27-14-24-21(20)13-29-31(24)18-6-4-17(26)5-7-18/h3-10,12-14,19,23,30,32-33H,11,15H2,1-2H3/b22-3-/t19-,23-/m0/s1. The van der Waals surface area contributed by atoms with Gasteiger partial charge in [-0.05, 0) is 55.3 Å². The van der Waals surface area contributed by atoms with Gasteiger partial charge in [0.1, 0.15) is 5.82 Å². The summed E-state index contributed by atoms with van der Waals surface area (Å²) < 4.78 is 39.2. The van der Waals surface area contributed by atoms with E-state index in [1.54, 1.807) is 41.5 Å². The summed E-state index contributed by atoms with van der Waals surface area (Å²) in [4.78, 5) is 8.31. The minimum Gasteiger partial charge on any atom is -0.394 e. The van der Waals surface area contributed by atoms with Crippen molar-refractivity contribution in [1.82, 2.24) is 25.1 Å². The van der Waals surface area contributed by atoms with E-state index in [0.717, 1.165) is 17.2 Å². The molecule has 0 saturated heterocycles. The van der Waals surface area contributed by atoms with Gasteiger partial charge in [-0.3, -0.25) is 4.98 Å². The van der Waals surface area contributed by atoms with Crippen LogP contribution in [0.15, 0.2) is 72.3 Å². The number of rotatable bonds is 9. The predicted octanol–water partition coefficient (Wildman–Crippen LogP) is 2.79. The topological polar surface area (TPSA) is 130 Å². The van der Waals surface area contributed by atoms with Gasteiger partial charge in [0.15, 0.2) is 14.9 Å². The minimum atomic E-state index is -3.54. The Labute approximate surface area is 207 Å². The summed E-state index contributed by atoms with van der Waals surface area (Å²) in [6.07, 6.45) is 8.41. The summed E-state index contributed by atoms with van der Waals surface area (Å²) in [6, 6.07) is 8.52. The van der Waals surface area contributed by atoms with Crippen molar-refractivity contribution in [3.05, 3.63) is 84.2 Å². The molecule has 1 aromatic carbocycles. The number of hydrogen-bond donors (Lipinski definition) is 3. The van der Waals surface area contributed by atoms with Crippen LogP contribution in [0.4, 0.5) is 4.39 Å². The number of aliphatic hydroxyl groups excluding tert-OH is 2. The molecule has 0 amide bonds. The van der Waals surface area contributed by atoms with Crippen LogP contribution in [0.1, 0.15) is 30.5 Å². The molecule has 0 radical (unpaired) electrons. The average Bonchev–Trinajstić information content (AvgIpc) is 3.31. The second-order valence-corrected chi connectivity index (χ2v) is 10.3. The number of pyridine rings is 2. The zero-order chi connectivity index (χ0) is 25.9. The van der Waals surface area contributed by atoms with Crippen LogP contribution in [-0.2, 0) is 9.84 Å². The number of halogens is 1. The van der Waals surface area contributed by atoms with Crippen molar-refractivity contribution in [2.24, 2.45) is 0 Å². The van der Waals surface area contributed by atoms with Gasteiger partial charge in [-0.15, -0.1) is 0 Å². The molecule has 3 aromatic heterocycles. The maximum atomic E-state index is 13.4. The number of nitrogens with zero attached hydrogens (tertiary/aromatic N) is 4. The molecular weight excluding hydrogens is 485 g/mol. The largest absolute Gasteiger partial charge is 0.394 e. The molecule has 0 spiro atoms. The Balaban J connectivity index is 1.74. The number of sulfone groups is 1. The fourth-order valence-electron chi connectivity index (χ4n) is 3.92. The van der Waals surface area contributed by atoms with Crippen LogP contribution in [0.3, 0.4) is 0 Å². The summed E-state index contributed by atoms with van der Waals surface area (Å²) in [5.41, 5.74) is 3.35. The first kappa shape index (κ1) is 25.4. The summed E-state index contributed by atoms with van der Waals surface area (Å²) in [5, 5.41) is 28.2. The number of aromatic nitrogens is 4. The maximum absolute atomic E-state index is 13.4. The summed E-state index contributed by atoms with van der Waals surface area (Å²) in [5.74, 6) is -0.347. The molecule has 0 unspecified atom stereocenters. The molecule has 0 bridgehead atoms. The molecule has 188 valence electrons. The van der Waals surface area contributed by atoms with Crippen LogP contribution >= 0.6 is 0 Å². The van der Waals surface area contributed by atoms with Gasteiger partial charge in [0.25, 0.3) is 0 Å². The molecule has 2 atom stereocenters. The first-order valence-corrected chi connectivity index (χ1v) is 13.1. The number of nitrogens with one attached hydrogen (secondary N) is 1. The molecule has 9 nitrogen and oxygen atoms in total. The quantitative estimate of drug-likeness (QED) is 0.313. The molecule has 4 rings (SSSR count). The smallest absolute Gasteiger partial charge is 0.192 e. The van der Waals surface area contributed by atoms with Crippen molar-refractivity contribution in [1.29, 1.82) is 0 Å². The third kappa shape index (κ3) is 5.43. The molecular formula is C25H26FN5O4S. The van der Waals surface area contributed by atoms with E-state index in [1.165, 1.54) is 24.4 Å². The lowest BCUT2D eigenvalue weighted by Crippen LogP contribution is -2.26. The number of fused-ring (bicyclic) bond motifs is 1. The van der Waals surface area contributed by atoms with Crippen molar-refractivity contribution in [2.75, 3.05) is 12.9 Å². The number of aliphatic hydroxyl groups is 2. The molecule has 4 aromatic rings. The van der Waals surface area contributed by atoms with Crippen molar-refractivity contribution in [3.63, 3.8) is 0 Å². The highest BCUT2D eigenvalue weighted by Crippen LogP contribution is 2.29. The third-order valence-electron chi connectivity index (χ3n) is 5.74. The van der Waals surface area contributed by atoms with Gasteiger partial charge < -0.3 is 15.5 Å². The van der Waals surface area contributed by atoms with Gasteiger partial charge in [-0.25, -0.2) is 22.5 Å². The van der Waals surface area contributed by atoms with Gasteiger partial charge in [-0.1, -0.05) is 6.08 Å². The van der Waals surface area contributed by atoms with E-state index >= 15 is 0 Å². The third-order valence-corrected chi connectivity index (χ3v) is 6.72. The minimum absolute atomic E-state index is 0.0864. The SMILES string of the molecule is C/C=C(\N[C@@H](C[C@H](O)CO)c1ccnc(S(C)(=O)=O)c1)c1cncc2c1cnn2-c1ccc(F)cc1. The lowest BCUT2D eigenvalue weighted by atomic mass is 10.00. The monoisotopic (exact) mass is 511 g/mol. The van der Waals surface area contributed by atoms with Crippen LogP contribution < -0.4 is 5.32 Å². The summed E-state index contributed by atoms with van der Waals surface area (Å²) in [7, 11) is -3.54. The molecule has 0 saturated carbocycles. The molecule has 0 aliphatic heterocycles. The fraction of sp³-hybridized carbons (Fsp3) is 0.240.